The van der Waals surface area contributed by atoms with Crippen molar-refractivity contribution in [3.63, 3.8) is 0 Å². The fraction of sp³-hybridized carbons (Fsp3) is 0.465. The van der Waals surface area contributed by atoms with E-state index >= 15 is 4.39 Å². The third kappa shape index (κ3) is 5.85. The third-order valence-corrected chi connectivity index (χ3v) is 13.1. The lowest BCUT2D eigenvalue weighted by Gasteiger charge is -2.33. The van der Waals surface area contributed by atoms with Gasteiger partial charge >= 0.3 is 0 Å². The number of H-pyrrole nitrogens is 1. The highest BCUT2D eigenvalue weighted by molar-refractivity contribution is 5.92. The van der Waals surface area contributed by atoms with Gasteiger partial charge in [0.1, 0.15) is 23.1 Å². The standard InChI is InChI=1S/C43H50FN7O2/c1-26(52)42(5)35-24-43(35,42)23-27-11-10-12-28(19-27)41(4)16-9-8-15-40(2,3)25-50(6)36(45)21-31-30-14-18-46-33(30)22-32(44)37(31)53-29-13-17-47-34(20-29)38-48-39(41)49-51(38)7/h10-14,17-20,22,35,45-46H,8-9,15-16,21,23-25H2,1-7H3/t35?,41?,42-,43?/m1/s1. The van der Waals surface area contributed by atoms with Gasteiger partial charge in [-0.05, 0) is 79.5 Å². The number of likely N-dealkylation sites (N-methyl/N-ethyl adjacent to an activating group) is 1. The number of aromatic amines is 1. The van der Waals surface area contributed by atoms with E-state index in [0.29, 0.717) is 52.4 Å². The highest BCUT2D eigenvalue weighted by Gasteiger charge is 2.87. The van der Waals surface area contributed by atoms with Gasteiger partial charge in [-0.1, -0.05) is 57.9 Å². The minimum Gasteiger partial charge on any atom is -0.454 e. The van der Waals surface area contributed by atoms with E-state index in [2.05, 4.69) is 61.9 Å². The molecule has 2 N–H and O–H groups in total. The summed E-state index contributed by atoms with van der Waals surface area (Å²) in [6.07, 6.45) is 9.47. The van der Waals surface area contributed by atoms with Gasteiger partial charge < -0.3 is 14.6 Å². The fourth-order valence-corrected chi connectivity index (χ4v) is 9.48. The number of pyridine rings is 1. The molecule has 10 heteroatoms. The van der Waals surface area contributed by atoms with Gasteiger partial charge in [-0.15, -0.1) is 0 Å². The predicted molar refractivity (Wildman–Crippen MR) is 205 cm³/mol. The Morgan fingerprint density at radius 3 is 2.62 bits per heavy atom. The van der Waals surface area contributed by atoms with Crippen LogP contribution in [0.1, 0.15) is 89.2 Å². The van der Waals surface area contributed by atoms with Crippen LogP contribution in [0.5, 0.6) is 11.5 Å². The molecule has 0 amide bonds. The van der Waals surface area contributed by atoms with Crippen LogP contribution >= 0.6 is 0 Å². The number of amidine groups is 1. The number of benzene rings is 2. The molecule has 4 atom stereocenters. The molecule has 0 spiro atoms. The van der Waals surface area contributed by atoms with Crippen molar-refractivity contribution in [1.29, 1.82) is 5.41 Å². The number of hydrogen-bond donors (Lipinski definition) is 2. The lowest BCUT2D eigenvalue weighted by molar-refractivity contribution is -0.124. The van der Waals surface area contributed by atoms with Gasteiger partial charge in [-0.2, -0.15) is 5.10 Å². The van der Waals surface area contributed by atoms with Crippen LogP contribution in [0.3, 0.4) is 0 Å². The summed E-state index contributed by atoms with van der Waals surface area (Å²) < 4.78 is 24.0. The van der Waals surface area contributed by atoms with Crippen LogP contribution in [0.25, 0.3) is 22.4 Å². The van der Waals surface area contributed by atoms with E-state index in [-0.39, 0.29) is 28.4 Å². The number of hydrogen-bond acceptors (Lipinski definition) is 6. The number of aryl methyl sites for hydroxylation is 1. The molecule has 53 heavy (non-hydrogen) atoms. The number of carbonyl (C=O) groups is 1. The zero-order valence-corrected chi connectivity index (χ0v) is 31.9. The fourth-order valence-electron chi connectivity index (χ4n) is 9.48. The van der Waals surface area contributed by atoms with Crippen LogP contribution in [-0.2, 0) is 30.1 Å². The van der Waals surface area contributed by atoms with Crippen molar-refractivity contribution in [1.82, 2.24) is 29.6 Å². The molecule has 2 fully saturated rings. The lowest BCUT2D eigenvalue weighted by Crippen LogP contribution is -2.36. The number of halogens is 1. The van der Waals surface area contributed by atoms with E-state index in [0.717, 1.165) is 55.3 Å². The Hall–Kier alpha value is -4.86. The number of carbonyl (C=O) groups excluding carboxylic acids is 1. The number of ether oxygens (including phenoxy) is 1. The van der Waals surface area contributed by atoms with E-state index in [9.17, 15) is 4.79 Å². The van der Waals surface area contributed by atoms with Gasteiger partial charge in [0.15, 0.2) is 23.2 Å². The first-order chi connectivity index (χ1) is 25.1. The summed E-state index contributed by atoms with van der Waals surface area (Å²) >= 11 is 0. The molecule has 2 aliphatic carbocycles. The molecule has 0 radical (unpaired) electrons. The van der Waals surface area contributed by atoms with Crippen LogP contribution in [0.15, 0.2) is 60.9 Å². The number of aromatic nitrogens is 5. The summed E-state index contributed by atoms with van der Waals surface area (Å²) in [5, 5.41) is 15.0. The predicted octanol–water partition coefficient (Wildman–Crippen LogP) is 8.81. The summed E-state index contributed by atoms with van der Waals surface area (Å²) in [7, 11) is 3.84. The maximum absolute atomic E-state index is 15.9. The Morgan fingerprint density at radius 1 is 1.08 bits per heavy atom. The molecule has 5 aromatic rings. The van der Waals surface area contributed by atoms with Crippen molar-refractivity contribution in [2.75, 3.05) is 13.6 Å². The van der Waals surface area contributed by atoms with E-state index in [1.165, 1.54) is 11.6 Å². The van der Waals surface area contributed by atoms with Crippen molar-refractivity contribution < 1.29 is 13.9 Å². The molecule has 3 unspecified atom stereocenters. The third-order valence-electron chi connectivity index (χ3n) is 13.1. The van der Waals surface area contributed by atoms with Crippen molar-refractivity contribution in [3.8, 4) is 23.0 Å². The average molecular weight is 716 g/mol. The molecular weight excluding hydrogens is 666 g/mol. The Balaban J connectivity index is 1.19. The maximum atomic E-state index is 15.9. The molecule has 8 rings (SSSR count). The quantitative estimate of drug-likeness (QED) is 0.192. The van der Waals surface area contributed by atoms with Crippen LogP contribution in [-0.4, -0.2) is 54.8 Å². The first-order valence-corrected chi connectivity index (χ1v) is 18.9. The number of nitrogens with zero attached hydrogens (tertiary/aromatic N) is 5. The van der Waals surface area contributed by atoms with Gasteiger partial charge in [-0.3, -0.25) is 15.2 Å². The van der Waals surface area contributed by atoms with Crippen molar-refractivity contribution in [2.45, 2.75) is 85.0 Å². The van der Waals surface area contributed by atoms with Crippen molar-refractivity contribution >= 4 is 22.5 Å². The van der Waals surface area contributed by atoms with E-state index in [4.69, 9.17) is 20.2 Å². The molecule has 9 nitrogen and oxygen atoms in total. The summed E-state index contributed by atoms with van der Waals surface area (Å²) in [6, 6.07) is 15.7. The van der Waals surface area contributed by atoms with Crippen LogP contribution in [0.2, 0.25) is 0 Å². The minimum absolute atomic E-state index is 0.0695. The zero-order valence-electron chi connectivity index (χ0n) is 31.9. The van der Waals surface area contributed by atoms with Gasteiger partial charge in [0.2, 0.25) is 0 Å². The second kappa shape index (κ2) is 12.4. The monoisotopic (exact) mass is 715 g/mol. The number of Topliss-reactive ketones (excluding diaryl/α,β-unsaturated/α-hetero) is 1. The molecule has 3 aromatic heterocycles. The molecule has 276 valence electrons. The van der Waals surface area contributed by atoms with Crippen molar-refractivity contribution in [3.05, 3.63) is 89.3 Å². The Labute approximate surface area is 310 Å². The van der Waals surface area contributed by atoms with Gasteiger partial charge in [0, 0.05) is 73.5 Å². The maximum Gasteiger partial charge on any atom is 0.176 e. The average Bonchev–Trinajstić information content (AvgIpc) is 3.75. The largest absolute Gasteiger partial charge is 0.454 e. The summed E-state index contributed by atoms with van der Waals surface area (Å²) in [4.78, 5) is 27.5. The Bertz CT molecular complexity index is 2270. The number of ketones is 1. The zero-order chi connectivity index (χ0) is 37.5. The van der Waals surface area contributed by atoms with Gasteiger partial charge in [-0.25, -0.2) is 14.1 Å². The molecule has 4 bridgehead atoms. The highest BCUT2D eigenvalue weighted by Crippen LogP contribution is 2.89. The minimum atomic E-state index is -0.502. The number of rotatable bonds is 4. The highest BCUT2D eigenvalue weighted by atomic mass is 19.1. The smallest absolute Gasteiger partial charge is 0.176 e. The summed E-state index contributed by atoms with van der Waals surface area (Å²) in [5.74, 6) is 2.54. The second-order valence-electron chi connectivity index (χ2n) is 17.2. The SMILES string of the molecule is CC(=O)[C@]1(C)C2CC21Cc1cccc(C2(C)CCCCC(C)(C)CN(C)C(=N)Cc3c(c(F)cc4[nH]ccc34)Oc3ccnc(c3)-c3nc2nn3C)c1. The normalized spacial score (nSPS) is 26.8. The summed E-state index contributed by atoms with van der Waals surface area (Å²) in [5.41, 5.74) is 3.62. The number of fused-ring (bicyclic) bond motifs is 9. The first-order valence-electron chi connectivity index (χ1n) is 18.9. The Kier molecular flexibility index (Phi) is 8.20. The molecule has 2 saturated carbocycles. The molecule has 4 heterocycles. The lowest BCUT2D eigenvalue weighted by atomic mass is 9.75. The van der Waals surface area contributed by atoms with Gasteiger partial charge in [0.25, 0.3) is 0 Å². The van der Waals surface area contributed by atoms with Gasteiger partial charge in [0.05, 0.1) is 5.41 Å². The topological polar surface area (TPSA) is 113 Å². The second-order valence-corrected chi connectivity index (χ2v) is 17.2. The van der Waals surface area contributed by atoms with E-state index in [1.807, 2.05) is 25.1 Å². The first kappa shape index (κ1) is 35.2. The molecular formula is C43H50FN7O2. The molecule has 1 aliphatic heterocycles. The molecule has 2 aromatic carbocycles. The van der Waals surface area contributed by atoms with E-state index < -0.39 is 11.2 Å². The van der Waals surface area contributed by atoms with Crippen LogP contribution in [0, 0.1) is 33.4 Å². The van der Waals surface area contributed by atoms with Crippen molar-refractivity contribution in [2.24, 2.45) is 29.2 Å². The van der Waals surface area contributed by atoms with E-state index in [1.54, 1.807) is 36.1 Å². The number of nitrogens with one attached hydrogen (secondary N) is 2. The van der Waals surface area contributed by atoms with Crippen LogP contribution in [0.4, 0.5) is 4.39 Å². The molecule has 3 aliphatic rings. The van der Waals surface area contributed by atoms with Crippen LogP contribution < -0.4 is 4.74 Å². The molecule has 0 saturated heterocycles. The Morgan fingerprint density at radius 2 is 1.87 bits per heavy atom. The summed E-state index contributed by atoms with van der Waals surface area (Å²) in [6.45, 7) is 11.3.